The zero-order valence-electron chi connectivity index (χ0n) is 18.7. The van der Waals surface area contributed by atoms with E-state index in [4.69, 9.17) is 26.3 Å². The molecule has 0 aliphatic carbocycles. The zero-order chi connectivity index (χ0) is 25.1. The van der Waals surface area contributed by atoms with Crippen molar-refractivity contribution in [2.24, 2.45) is 4.99 Å². The summed E-state index contributed by atoms with van der Waals surface area (Å²) in [5.41, 5.74) is 1.27. The highest BCUT2D eigenvalue weighted by molar-refractivity contribution is 7.07. The highest BCUT2D eigenvalue weighted by atomic mass is 35.5. The maximum Gasteiger partial charge on any atom is 0.338 e. The van der Waals surface area contributed by atoms with E-state index in [2.05, 4.69) is 4.99 Å². The fraction of sp³-hybridized carbons (Fsp3) is 0.200. The van der Waals surface area contributed by atoms with Crippen molar-refractivity contribution in [1.82, 2.24) is 4.57 Å². The minimum absolute atomic E-state index is 0.149. The summed E-state index contributed by atoms with van der Waals surface area (Å²) < 4.78 is 26.1. The van der Waals surface area contributed by atoms with Gasteiger partial charge in [-0.1, -0.05) is 35.1 Å². The van der Waals surface area contributed by atoms with E-state index < -0.39 is 23.4 Å². The average Bonchev–Trinajstić information content (AvgIpc) is 3.12. The van der Waals surface area contributed by atoms with Crippen LogP contribution in [0.3, 0.4) is 0 Å². The predicted molar refractivity (Wildman–Crippen MR) is 129 cm³/mol. The summed E-state index contributed by atoms with van der Waals surface area (Å²) in [4.78, 5) is 31.4. The number of thiazole rings is 1. The molecule has 1 atom stereocenters. The number of rotatable bonds is 6. The summed E-state index contributed by atoms with van der Waals surface area (Å²) in [5, 5.41) is 9.29. The van der Waals surface area contributed by atoms with Crippen molar-refractivity contribution >= 4 is 35.0 Å². The molecule has 4 rings (SSSR count). The quantitative estimate of drug-likeness (QED) is 0.472. The van der Waals surface area contributed by atoms with E-state index in [1.165, 1.54) is 28.8 Å². The molecular weight excluding hydrogens is 493 g/mol. The van der Waals surface area contributed by atoms with Crippen molar-refractivity contribution in [3.05, 3.63) is 95.4 Å². The van der Waals surface area contributed by atoms with Crippen LogP contribution >= 0.6 is 22.9 Å². The highest BCUT2D eigenvalue weighted by Crippen LogP contribution is 2.31. The van der Waals surface area contributed by atoms with Gasteiger partial charge in [-0.25, -0.2) is 14.2 Å². The Morgan fingerprint density at radius 1 is 1.31 bits per heavy atom. The van der Waals surface area contributed by atoms with Crippen LogP contribution in [0.2, 0.25) is 5.02 Å². The van der Waals surface area contributed by atoms with Gasteiger partial charge in [0.1, 0.15) is 17.6 Å². The smallest absolute Gasteiger partial charge is 0.338 e. The first-order chi connectivity index (χ1) is 16.8. The van der Waals surface area contributed by atoms with Crippen molar-refractivity contribution < 1.29 is 18.7 Å². The third-order valence-corrected chi connectivity index (χ3v) is 6.47. The van der Waals surface area contributed by atoms with Crippen LogP contribution in [-0.4, -0.2) is 23.8 Å². The molecule has 0 fully saturated rings. The molecule has 7 nitrogen and oxygen atoms in total. The fourth-order valence-corrected chi connectivity index (χ4v) is 4.98. The number of hydrogen-bond acceptors (Lipinski definition) is 7. The number of fused-ring (bicyclic) bond motifs is 1. The molecule has 1 aliphatic rings. The first kappa shape index (κ1) is 24.4. The van der Waals surface area contributed by atoms with Crippen molar-refractivity contribution in [3.8, 4) is 11.8 Å². The van der Waals surface area contributed by atoms with Crippen LogP contribution in [0.4, 0.5) is 4.39 Å². The van der Waals surface area contributed by atoms with E-state index in [1.807, 2.05) is 6.07 Å². The van der Waals surface area contributed by atoms with Crippen LogP contribution in [0.15, 0.2) is 63.5 Å². The first-order valence-electron chi connectivity index (χ1n) is 10.6. The molecule has 0 unspecified atom stereocenters. The lowest BCUT2D eigenvalue weighted by Crippen LogP contribution is -2.39. The Kier molecular flexibility index (Phi) is 7.15. The SMILES string of the molecule is CCOC(=O)C1=C(C)N=c2s/c(=C\c3cc(Cl)ccc3OCC#N)c(=O)n2[C@@H]1c1ccc(F)cc1. The molecule has 0 bridgehead atoms. The van der Waals surface area contributed by atoms with Crippen LogP contribution in [-0.2, 0) is 9.53 Å². The van der Waals surface area contributed by atoms with Crippen LogP contribution in [0.25, 0.3) is 6.08 Å². The molecule has 1 aliphatic heterocycles. The Morgan fingerprint density at radius 3 is 2.74 bits per heavy atom. The van der Waals surface area contributed by atoms with Gasteiger partial charge in [-0.2, -0.15) is 5.26 Å². The molecule has 178 valence electrons. The molecule has 0 spiro atoms. The van der Waals surface area contributed by atoms with Gasteiger partial charge >= 0.3 is 5.97 Å². The lowest BCUT2D eigenvalue weighted by atomic mass is 9.96. The topological polar surface area (TPSA) is 93.7 Å². The molecule has 0 N–H and O–H groups in total. The van der Waals surface area contributed by atoms with E-state index in [0.717, 1.165) is 11.3 Å². The fourth-order valence-electron chi connectivity index (χ4n) is 3.77. The molecule has 1 aromatic heterocycles. The number of hydrogen-bond donors (Lipinski definition) is 0. The average molecular weight is 512 g/mol. The van der Waals surface area contributed by atoms with Crippen LogP contribution in [0.5, 0.6) is 5.75 Å². The number of nitriles is 1. The third kappa shape index (κ3) is 4.90. The number of ether oxygens (including phenoxy) is 2. The second-order valence-electron chi connectivity index (χ2n) is 7.48. The summed E-state index contributed by atoms with van der Waals surface area (Å²) in [6, 6.07) is 11.5. The number of esters is 1. The van der Waals surface area contributed by atoms with E-state index in [-0.39, 0.29) is 18.8 Å². The highest BCUT2D eigenvalue weighted by Gasteiger charge is 2.33. The second-order valence-corrected chi connectivity index (χ2v) is 8.93. The van der Waals surface area contributed by atoms with Crippen molar-refractivity contribution in [2.45, 2.75) is 19.9 Å². The maximum atomic E-state index is 13.7. The molecule has 2 aromatic carbocycles. The third-order valence-electron chi connectivity index (χ3n) is 5.25. The number of nitrogens with zero attached hydrogens (tertiary/aromatic N) is 3. The zero-order valence-corrected chi connectivity index (χ0v) is 20.3. The molecule has 3 aromatic rings. The van der Waals surface area contributed by atoms with Gasteiger partial charge in [-0.05, 0) is 55.8 Å². The summed E-state index contributed by atoms with van der Waals surface area (Å²) in [6.45, 7) is 3.34. The number of carbonyl (C=O) groups excluding carboxylic acids is 1. The largest absolute Gasteiger partial charge is 0.478 e. The Labute approximate surface area is 208 Å². The first-order valence-corrected chi connectivity index (χ1v) is 11.8. The lowest BCUT2D eigenvalue weighted by molar-refractivity contribution is -0.139. The molecule has 0 saturated carbocycles. The Morgan fingerprint density at radius 2 is 2.06 bits per heavy atom. The number of aromatic nitrogens is 1. The molecule has 10 heteroatoms. The van der Waals surface area contributed by atoms with Crippen molar-refractivity contribution in [3.63, 3.8) is 0 Å². The van der Waals surface area contributed by atoms with Gasteiger partial charge in [0.15, 0.2) is 11.4 Å². The van der Waals surface area contributed by atoms with Gasteiger partial charge in [0.05, 0.1) is 28.5 Å². The lowest BCUT2D eigenvalue weighted by Gasteiger charge is -2.24. The minimum atomic E-state index is -0.846. The van der Waals surface area contributed by atoms with Gasteiger partial charge in [-0.3, -0.25) is 9.36 Å². The summed E-state index contributed by atoms with van der Waals surface area (Å²) >= 11 is 7.28. The number of allylic oxidation sites excluding steroid dienone is 1. The second kappa shape index (κ2) is 10.3. The molecular formula is C25H19ClFN3O4S. The van der Waals surface area contributed by atoms with Crippen LogP contribution < -0.4 is 19.6 Å². The number of carbonyl (C=O) groups is 1. The molecule has 2 heterocycles. The van der Waals surface area contributed by atoms with E-state index in [1.54, 1.807) is 38.1 Å². The maximum absolute atomic E-state index is 13.7. The molecule has 0 amide bonds. The Bertz CT molecular complexity index is 1550. The molecule has 35 heavy (non-hydrogen) atoms. The van der Waals surface area contributed by atoms with E-state index in [0.29, 0.717) is 36.9 Å². The van der Waals surface area contributed by atoms with Gasteiger partial charge in [0.25, 0.3) is 5.56 Å². The standard InChI is InChI=1S/C25H19ClFN3O4S/c1-3-33-24(32)21-14(2)29-25-30(22(21)15-4-7-18(27)8-5-15)23(31)20(35-25)13-16-12-17(26)6-9-19(16)34-11-10-28/h4-9,12-13,22H,3,11H2,1-2H3/b20-13-/t22-/m1/s1. The number of benzene rings is 2. The van der Waals surface area contributed by atoms with Crippen LogP contribution in [0, 0.1) is 17.1 Å². The van der Waals surface area contributed by atoms with E-state index >= 15 is 0 Å². The minimum Gasteiger partial charge on any atom is -0.478 e. The predicted octanol–water partition coefficient (Wildman–Crippen LogP) is 3.49. The molecule has 0 saturated heterocycles. The number of halogens is 2. The van der Waals surface area contributed by atoms with E-state index in [9.17, 15) is 14.0 Å². The summed E-state index contributed by atoms with van der Waals surface area (Å²) in [5.74, 6) is -0.648. The molecule has 0 radical (unpaired) electrons. The summed E-state index contributed by atoms with van der Waals surface area (Å²) in [7, 11) is 0. The Balaban J connectivity index is 1.94. The van der Waals surface area contributed by atoms with Gasteiger partial charge in [-0.15, -0.1) is 0 Å². The van der Waals surface area contributed by atoms with Gasteiger partial charge in [0, 0.05) is 10.6 Å². The van der Waals surface area contributed by atoms with Gasteiger partial charge < -0.3 is 9.47 Å². The van der Waals surface area contributed by atoms with Crippen molar-refractivity contribution in [1.29, 1.82) is 5.26 Å². The van der Waals surface area contributed by atoms with Crippen LogP contribution in [0.1, 0.15) is 31.0 Å². The van der Waals surface area contributed by atoms with Crippen molar-refractivity contribution in [2.75, 3.05) is 13.2 Å². The normalized spacial score (nSPS) is 15.3. The van der Waals surface area contributed by atoms with Gasteiger partial charge in [0.2, 0.25) is 0 Å². The Hall–Kier alpha value is -3.74. The summed E-state index contributed by atoms with van der Waals surface area (Å²) in [6.07, 6.45) is 1.60. The monoisotopic (exact) mass is 511 g/mol.